The molecule has 1 aromatic heterocycles. The Morgan fingerprint density at radius 3 is 2.73 bits per heavy atom. The van der Waals surface area contributed by atoms with Gasteiger partial charge < -0.3 is 9.64 Å². The number of aromatic nitrogens is 2. The lowest BCUT2D eigenvalue weighted by atomic mass is 9.82. The van der Waals surface area contributed by atoms with E-state index in [4.69, 9.17) is 4.74 Å². The van der Waals surface area contributed by atoms with Crippen molar-refractivity contribution >= 4 is 5.91 Å². The third kappa shape index (κ3) is 1.82. The summed E-state index contributed by atoms with van der Waals surface area (Å²) in [5, 5.41) is 4.42. The molecule has 2 saturated heterocycles. The van der Waals surface area contributed by atoms with Crippen molar-refractivity contribution in [3.8, 4) is 5.69 Å². The van der Waals surface area contributed by atoms with E-state index in [1.807, 2.05) is 28.6 Å². The average molecular weight is 297 g/mol. The fourth-order valence-corrected chi connectivity index (χ4v) is 3.28. The number of hydrogen-bond donors (Lipinski definition) is 0. The average Bonchev–Trinajstić information content (AvgIpc) is 2.77. The van der Waals surface area contributed by atoms with Crippen LogP contribution in [-0.2, 0) is 4.74 Å². The second-order valence-electron chi connectivity index (χ2n) is 6.32. The molecule has 0 radical (unpaired) electrons. The van der Waals surface area contributed by atoms with Crippen LogP contribution in [-0.4, -0.2) is 45.9 Å². The highest BCUT2D eigenvalue weighted by Gasteiger charge is 2.53. The van der Waals surface area contributed by atoms with Crippen LogP contribution in [0.1, 0.15) is 28.0 Å². The van der Waals surface area contributed by atoms with E-state index in [2.05, 4.69) is 24.2 Å². The molecule has 2 aliphatic rings. The number of carbonyl (C=O) groups excluding carboxylic acids is 1. The first kappa shape index (κ1) is 13.5. The minimum atomic E-state index is -0.0328. The minimum absolute atomic E-state index is 0.0328. The summed E-state index contributed by atoms with van der Waals surface area (Å²) in [6.07, 6.45) is 2.73. The Morgan fingerprint density at radius 2 is 2.14 bits per heavy atom. The van der Waals surface area contributed by atoms with Gasteiger partial charge in [0.25, 0.3) is 5.91 Å². The van der Waals surface area contributed by atoms with Crippen molar-refractivity contribution in [2.24, 2.45) is 0 Å². The molecule has 114 valence electrons. The van der Waals surface area contributed by atoms with Gasteiger partial charge >= 0.3 is 0 Å². The van der Waals surface area contributed by atoms with Crippen molar-refractivity contribution in [3.05, 3.63) is 47.3 Å². The number of hydrogen-bond acceptors (Lipinski definition) is 3. The molecule has 0 bridgehead atoms. The molecule has 2 aliphatic heterocycles. The zero-order valence-corrected chi connectivity index (χ0v) is 12.9. The lowest BCUT2D eigenvalue weighted by Gasteiger charge is -2.57. The minimum Gasteiger partial charge on any atom is -0.376 e. The fourth-order valence-electron chi connectivity index (χ4n) is 3.28. The first-order valence-corrected chi connectivity index (χ1v) is 7.62. The third-order valence-corrected chi connectivity index (χ3v) is 4.85. The van der Waals surface area contributed by atoms with Crippen molar-refractivity contribution in [1.29, 1.82) is 0 Å². The van der Waals surface area contributed by atoms with Gasteiger partial charge in [0.1, 0.15) is 0 Å². The Kier molecular flexibility index (Phi) is 2.87. The van der Waals surface area contributed by atoms with E-state index in [-0.39, 0.29) is 11.4 Å². The van der Waals surface area contributed by atoms with Crippen LogP contribution in [0.25, 0.3) is 5.69 Å². The summed E-state index contributed by atoms with van der Waals surface area (Å²) in [5.41, 5.74) is 3.70. The summed E-state index contributed by atoms with van der Waals surface area (Å²) in [5.74, 6) is 0.0750. The molecule has 0 atom stereocenters. The highest BCUT2D eigenvalue weighted by atomic mass is 16.5. The zero-order chi connectivity index (χ0) is 15.3. The standard InChI is InChI=1S/C17H19N3O2/c1-12-4-3-5-14(8-12)20-13(2)15(9-18-20)16(21)19-7-6-17(19)10-22-11-17/h3-5,8-9H,6-7,10-11H2,1-2H3. The van der Waals surface area contributed by atoms with E-state index in [0.717, 1.165) is 24.3 Å². The molecule has 2 fully saturated rings. The SMILES string of the molecule is Cc1cccc(-n2ncc(C(=O)N3CCC34COC4)c2C)c1. The third-order valence-electron chi connectivity index (χ3n) is 4.85. The van der Waals surface area contributed by atoms with Gasteiger partial charge in [0.15, 0.2) is 0 Å². The predicted octanol–water partition coefficient (Wildman–Crippen LogP) is 2.10. The molecule has 2 aromatic rings. The monoisotopic (exact) mass is 297 g/mol. The van der Waals surface area contributed by atoms with Crippen LogP contribution in [0.5, 0.6) is 0 Å². The van der Waals surface area contributed by atoms with Crippen LogP contribution in [0.2, 0.25) is 0 Å². The van der Waals surface area contributed by atoms with E-state index < -0.39 is 0 Å². The Labute approximate surface area is 129 Å². The van der Waals surface area contributed by atoms with Crippen molar-refractivity contribution in [2.45, 2.75) is 25.8 Å². The Bertz CT molecular complexity index is 741. The van der Waals surface area contributed by atoms with Gasteiger partial charge in [-0.3, -0.25) is 4.79 Å². The highest BCUT2D eigenvalue weighted by Crippen LogP contribution is 2.38. The summed E-state index contributed by atoms with van der Waals surface area (Å²) in [4.78, 5) is 14.7. The molecule has 0 N–H and O–H groups in total. The molecule has 4 rings (SSSR count). The van der Waals surface area contributed by atoms with E-state index in [1.54, 1.807) is 6.20 Å². The molecule has 0 aliphatic carbocycles. The molecule has 1 amide bonds. The molecule has 3 heterocycles. The van der Waals surface area contributed by atoms with E-state index in [0.29, 0.717) is 18.8 Å². The number of rotatable bonds is 2. The Hall–Kier alpha value is -2.14. The van der Waals surface area contributed by atoms with Crippen LogP contribution < -0.4 is 0 Å². The van der Waals surface area contributed by atoms with E-state index in [9.17, 15) is 4.79 Å². The van der Waals surface area contributed by atoms with Crippen LogP contribution in [0, 0.1) is 13.8 Å². The maximum absolute atomic E-state index is 12.8. The predicted molar refractivity (Wildman–Crippen MR) is 82.2 cm³/mol. The maximum Gasteiger partial charge on any atom is 0.257 e. The van der Waals surface area contributed by atoms with Gasteiger partial charge in [0.2, 0.25) is 0 Å². The number of amides is 1. The van der Waals surface area contributed by atoms with Gasteiger partial charge in [-0.1, -0.05) is 12.1 Å². The molecular weight excluding hydrogens is 278 g/mol. The van der Waals surface area contributed by atoms with E-state index >= 15 is 0 Å². The second kappa shape index (κ2) is 4.68. The summed E-state index contributed by atoms with van der Waals surface area (Å²) in [6.45, 7) is 6.16. The lowest BCUT2D eigenvalue weighted by Crippen LogP contribution is -2.72. The van der Waals surface area contributed by atoms with Gasteiger partial charge in [-0.15, -0.1) is 0 Å². The zero-order valence-electron chi connectivity index (χ0n) is 12.9. The number of aryl methyl sites for hydroxylation is 1. The summed E-state index contributed by atoms with van der Waals surface area (Å²) < 4.78 is 7.14. The molecule has 5 nitrogen and oxygen atoms in total. The van der Waals surface area contributed by atoms with Crippen LogP contribution >= 0.6 is 0 Å². The van der Waals surface area contributed by atoms with Gasteiger partial charge in [-0.2, -0.15) is 5.10 Å². The summed E-state index contributed by atoms with van der Waals surface area (Å²) >= 11 is 0. The van der Waals surface area contributed by atoms with Crippen LogP contribution in [0.15, 0.2) is 30.5 Å². The normalized spacial score (nSPS) is 18.9. The maximum atomic E-state index is 12.8. The topological polar surface area (TPSA) is 47.4 Å². The largest absolute Gasteiger partial charge is 0.376 e. The molecule has 1 aromatic carbocycles. The first-order chi connectivity index (χ1) is 10.6. The Morgan fingerprint density at radius 1 is 1.32 bits per heavy atom. The summed E-state index contributed by atoms with van der Waals surface area (Å²) in [6, 6.07) is 8.13. The van der Waals surface area contributed by atoms with E-state index in [1.165, 1.54) is 5.56 Å². The number of benzene rings is 1. The molecule has 0 saturated carbocycles. The van der Waals surface area contributed by atoms with Gasteiger partial charge in [0, 0.05) is 6.54 Å². The molecular formula is C17H19N3O2. The number of likely N-dealkylation sites (tertiary alicyclic amines) is 1. The second-order valence-corrected chi connectivity index (χ2v) is 6.32. The van der Waals surface area contributed by atoms with Crippen LogP contribution in [0.3, 0.4) is 0 Å². The smallest absolute Gasteiger partial charge is 0.257 e. The van der Waals surface area contributed by atoms with Crippen molar-refractivity contribution in [3.63, 3.8) is 0 Å². The van der Waals surface area contributed by atoms with Crippen LogP contribution in [0.4, 0.5) is 0 Å². The molecule has 1 spiro atoms. The lowest BCUT2D eigenvalue weighted by molar-refractivity contribution is -0.172. The first-order valence-electron chi connectivity index (χ1n) is 7.62. The van der Waals surface area contributed by atoms with Crippen molar-refractivity contribution < 1.29 is 9.53 Å². The summed E-state index contributed by atoms with van der Waals surface area (Å²) in [7, 11) is 0. The van der Waals surface area contributed by atoms with Crippen molar-refractivity contribution in [2.75, 3.05) is 19.8 Å². The number of ether oxygens (including phenoxy) is 1. The van der Waals surface area contributed by atoms with Gasteiger partial charge in [-0.05, 0) is 38.0 Å². The number of nitrogens with zero attached hydrogens (tertiary/aromatic N) is 3. The number of carbonyl (C=O) groups is 1. The quantitative estimate of drug-likeness (QED) is 0.853. The van der Waals surface area contributed by atoms with Gasteiger partial charge in [-0.25, -0.2) is 4.68 Å². The molecule has 0 unspecified atom stereocenters. The highest BCUT2D eigenvalue weighted by molar-refractivity contribution is 5.96. The molecule has 5 heteroatoms. The Balaban J connectivity index is 1.65. The van der Waals surface area contributed by atoms with Gasteiger partial charge in [0.05, 0.1) is 41.9 Å². The van der Waals surface area contributed by atoms with Crippen molar-refractivity contribution in [1.82, 2.24) is 14.7 Å². The fraction of sp³-hybridized carbons (Fsp3) is 0.412. The molecule has 22 heavy (non-hydrogen) atoms.